The van der Waals surface area contributed by atoms with Gasteiger partial charge >= 0.3 is 0 Å². The monoisotopic (exact) mass is 191 g/mol. The van der Waals surface area contributed by atoms with Crippen molar-refractivity contribution in [1.82, 2.24) is 4.98 Å². The van der Waals surface area contributed by atoms with Crippen molar-refractivity contribution in [2.45, 2.75) is 13.3 Å². The van der Waals surface area contributed by atoms with E-state index in [0.29, 0.717) is 5.15 Å². The van der Waals surface area contributed by atoms with Gasteiger partial charge in [-0.2, -0.15) is 0 Å². The normalized spacial score (nSPS) is 10.6. The zero-order chi connectivity index (χ0) is 9.26. The Balaban J connectivity index is 2.79. The molecule has 1 aromatic carbocycles. The second-order valence-electron chi connectivity index (χ2n) is 3.00. The van der Waals surface area contributed by atoms with Crippen LogP contribution in [0.2, 0.25) is 5.15 Å². The molecule has 2 rings (SSSR count). The number of halogens is 1. The third-order valence-electron chi connectivity index (χ3n) is 2.20. The zero-order valence-corrected chi connectivity index (χ0v) is 8.17. The number of fused-ring (bicyclic) bond motifs is 1. The summed E-state index contributed by atoms with van der Waals surface area (Å²) in [5, 5.41) is 2.93. The maximum absolute atomic E-state index is 5.84. The Morgan fingerprint density at radius 1 is 1.38 bits per heavy atom. The molecule has 0 N–H and O–H groups in total. The summed E-state index contributed by atoms with van der Waals surface area (Å²) in [6.07, 6.45) is 2.84. The molecule has 1 aromatic heterocycles. The Morgan fingerprint density at radius 2 is 2.23 bits per heavy atom. The van der Waals surface area contributed by atoms with Crippen molar-refractivity contribution in [3.8, 4) is 0 Å². The molecule has 1 nitrogen and oxygen atoms in total. The van der Waals surface area contributed by atoms with E-state index >= 15 is 0 Å². The SMILES string of the molecule is CCc1cccc2cnc(Cl)cc12. The number of rotatable bonds is 1. The van der Waals surface area contributed by atoms with Crippen molar-refractivity contribution in [3.05, 3.63) is 41.2 Å². The second-order valence-corrected chi connectivity index (χ2v) is 3.39. The lowest BCUT2D eigenvalue weighted by Gasteiger charge is -2.03. The molecule has 0 aliphatic rings. The minimum Gasteiger partial charge on any atom is -0.244 e. The fourth-order valence-corrected chi connectivity index (χ4v) is 1.68. The van der Waals surface area contributed by atoms with Gasteiger partial charge in [-0.05, 0) is 23.4 Å². The summed E-state index contributed by atoms with van der Waals surface area (Å²) in [7, 11) is 0. The van der Waals surface area contributed by atoms with Crippen LogP contribution in [-0.4, -0.2) is 4.98 Å². The van der Waals surface area contributed by atoms with E-state index in [-0.39, 0.29) is 0 Å². The van der Waals surface area contributed by atoms with Crippen LogP contribution in [0, 0.1) is 0 Å². The van der Waals surface area contributed by atoms with E-state index in [1.54, 1.807) is 0 Å². The van der Waals surface area contributed by atoms with E-state index in [2.05, 4.69) is 30.1 Å². The molecule has 13 heavy (non-hydrogen) atoms. The Hall–Kier alpha value is -1.08. The highest BCUT2D eigenvalue weighted by atomic mass is 35.5. The summed E-state index contributed by atoms with van der Waals surface area (Å²) in [6, 6.07) is 8.16. The Morgan fingerprint density at radius 3 is 3.00 bits per heavy atom. The van der Waals surface area contributed by atoms with Crippen LogP contribution >= 0.6 is 11.6 Å². The third-order valence-corrected chi connectivity index (χ3v) is 2.41. The molecule has 0 saturated heterocycles. The Labute approximate surface area is 82.4 Å². The third kappa shape index (κ3) is 1.52. The summed E-state index contributed by atoms with van der Waals surface area (Å²) >= 11 is 5.84. The number of pyridine rings is 1. The molecular formula is C11H10ClN. The van der Waals surface area contributed by atoms with Crippen LogP contribution in [-0.2, 0) is 6.42 Å². The number of aromatic nitrogens is 1. The van der Waals surface area contributed by atoms with Crippen LogP contribution in [0.1, 0.15) is 12.5 Å². The topological polar surface area (TPSA) is 12.9 Å². The first-order chi connectivity index (χ1) is 6.31. The summed E-state index contributed by atoms with van der Waals surface area (Å²) in [4.78, 5) is 4.05. The van der Waals surface area contributed by atoms with E-state index in [1.165, 1.54) is 10.9 Å². The molecule has 0 unspecified atom stereocenters. The quantitative estimate of drug-likeness (QED) is 0.630. The smallest absolute Gasteiger partial charge is 0.129 e. The van der Waals surface area contributed by atoms with Crippen LogP contribution in [0.3, 0.4) is 0 Å². The molecule has 0 aliphatic carbocycles. The first kappa shape index (κ1) is 8.52. The highest BCUT2D eigenvalue weighted by Crippen LogP contribution is 2.20. The largest absolute Gasteiger partial charge is 0.244 e. The van der Waals surface area contributed by atoms with Crippen molar-refractivity contribution in [1.29, 1.82) is 0 Å². The van der Waals surface area contributed by atoms with Gasteiger partial charge < -0.3 is 0 Å². The highest BCUT2D eigenvalue weighted by Gasteiger charge is 1.99. The fraction of sp³-hybridized carbons (Fsp3) is 0.182. The molecule has 0 saturated carbocycles. The molecule has 1 heterocycles. The van der Waals surface area contributed by atoms with Crippen molar-refractivity contribution in [2.75, 3.05) is 0 Å². The van der Waals surface area contributed by atoms with Crippen molar-refractivity contribution in [3.63, 3.8) is 0 Å². The zero-order valence-electron chi connectivity index (χ0n) is 7.42. The number of hydrogen-bond donors (Lipinski definition) is 0. The van der Waals surface area contributed by atoms with E-state index in [0.717, 1.165) is 11.8 Å². The maximum atomic E-state index is 5.84. The van der Waals surface area contributed by atoms with E-state index in [1.807, 2.05) is 12.3 Å². The average Bonchev–Trinajstić information content (AvgIpc) is 2.17. The van der Waals surface area contributed by atoms with Gasteiger partial charge in [0, 0.05) is 11.6 Å². The lowest BCUT2D eigenvalue weighted by Crippen LogP contribution is -1.84. The lowest BCUT2D eigenvalue weighted by molar-refractivity contribution is 1.16. The van der Waals surface area contributed by atoms with Gasteiger partial charge in [0.1, 0.15) is 5.15 Å². The van der Waals surface area contributed by atoms with E-state index in [4.69, 9.17) is 11.6 Å². The van der Waals surface area contributed by atoms with Gasteiger partial charge in [0.2, 0.25) is 0 Å². The van der Waals surface area contributed by atoms with Crippen molar-refractivity contribution < 1.29 is 0 Å². The van der Waals surface area contributed by atoms with Crippen LogP contribution in [0.15, 0.2) is 30.5 Å². The van der Waals surface area contributed by atoms with Crippen LogP contribution in [0.25, 0.3) is 10.8 Å². The van der Waals surface area contributed by atoms with Crippen LogP contribution in [0.5, 0.6) is 0 Å². The number of aryl methyl sites for hydroxylation is 1. The molecule has 0 atom stereocenters. The predicted molar refractivity (Wildman–Crippen MR) is 56.1 cm³/mol. The summed E-state index contributed by atoms with van der Waals surface area (Å²) in [5.74, 6) is 0. The minimum absolute atomic E-state index is 0.563. The fourth-order valence-electron chi connectivity index (χ4n) is 1.52. The van der Waals surface area contributed by atoms with Gasteiger partial charge in [0.15, 0.2) is 0 Å². The minimum atomic E-state index is 0.563. The van der Waals surface area contributed by atoms with Gasteiger partial charge in [0.05, 0.1) is 0 Å². The Kier molecular flexibility index (Phi) is 2.19. The van der Waals surface area contributed by atoms with Gasteiger partial charge in [-0.1, -0.05) is 36.7 Å². The van der Waals surface area contributed by atoms with Gasteiger partial charge in [-0.15, -0.1) is 0 Å². The molecule has 0 spiro atoms. The van der Waals surface area contributed by atoms with E-state index in [9.17, 15) is 0 Å². The molecule has 2 heteroatoms. The van der Waals surface area contributed by atoms with E-state index < -0.39 is 0 Å². The second kappa shape index (κ2) is 3.35. The highest BCUT2D eigenvalue weighted by molar-refractivity contribution is 6.30. The molecule has 0 fully saturated rings. The van der Waals surface area contributed by atoms with Crippen LogP contribution < -0.4 is 0 Å². The van der Waals surface area contributed by atoms with Gasteiger partial charge in [-0.3, -0.25) is 0 Å². The van der Waals surface area contributed by atoms with Gasteiger partial charge in [-0.25, -0.2) is 4.98 Å². The molecule has 0 amide bonds. The summed E-state index contributed by atoms with van der Waals surface area (Å²) < 4.78 is 0. The first-order valence-corrected chi connectivity index (χ1v) is 4.72. The average molecular weight is 192 g/mol. The Bertz CT molecular complexity index is 437. The van der Waals surface area contributed by atoms with Crippen molar-refractivity contribution in [2.24, 2.45) is 0 Å². The number of benzene rings is 1. The molecular weight excluding hydrogens is 182 g/mol. The van der Waals surface area contributed by atoms with Crippen molar-refractivity contribution >= 4 is 22.4 Å². The molecule has 0 aliphatic heterocycles. The first-order valence-electron chi connectivity index (χ1n) is 4.34. The summed E-state index contributed by atoms with van der Waals surface area (Å²) in [5.41, 5.74) is 1.32. The van der Waals surface area contributed by atoms with Crippen LogP contribution in [0.4, 0.5) is 0 Å². The lowest BCUT2D eigenvalue weighted by atomic mass is 10.1. The standard InChI is InChI=1S/C11H10ClN/c1-2-8-4-3-5-9-7-13-11(12)6-10(8)9/h3-7H,2H2,1H3. The summed E-state index contributed by atoms with van der Waals surface area (Å²) in [6.45, 7) is 2.14. The van der Waals surface area contributed by atoms with Gasteiger partial charge in [0.25, 0.3) is 0 Å². The predicted octanol–water partition coefficient (Wildman–Crippen LogP) is 3.45. The molecule has 0 radical (unpaired) electrons. The molecule has 66 valence electrons. The molecule has 2 aromatic rings. The molecule has 0 bridgehead atoms. The number of nitrogens with zero attached hydrogens (tertiary/aromatic N) is 1. The number of hydrogen-bond acceptors (Lipinski definition) is 1. The maximum Gasteiger partial charge on any atom is 0.129 e.